The fourth-order valence-corrected chi connectivity index (χ4v) is 5.42. The zero-order valence-electron chi connectivity index (χ0n) is 24.1. The molecule has 6 heteroatoms. The van der Waals surface area contributed by atoms with Crippen LogP contribution in [0, 0.1) is 0 Å². The molecule has 2 aromatic carbocycles. The van der Waals surface area contributed by atoms with Crippen LogP contribution < -0.4 is 9.05 Å². The van der Waals surface area contributed by atoms with Gasteiger partial charge in [-0.1, -0.05) is 107 Å². The fourth-order valence-electron chi connectivity index (χ4n) is 4.36. The van der Waals surface area contributed by atoms with Gasteiger partial charge < -0.3 is 13.5 Å². The highest BCUT2D eigenvalue weighted by molar-refractivity contribution is 7.50. The lowest BCUT2D eigenvalue weighted by molar-refractivity contribution is 0.297. The van der Waals surface area contributed by atoms with Crippen LogP contribution in [0.4, 0.5) is 0 Å². The predicted molar refractivity (Wildman–Crippen MR) is 149 cm³/mol. The highest BCUT2D eigenvalue weighted by Crippen LogP contribution is 2.56. The lowest BCUT2D eigenvalue weighted by atomic mass is 9.76. The summed E-state index contributed by atoms with van der Waals surface area (Å²) in [5, 5.41) is 0. The Kier molecular flexibility index (Phi) is 6.93. The van der Waals surface area contributed by atoms with E-state index < -0.39 is 7.82 Å². The first kappa shape index (κ1) is 27.9. The first-order valence-electron chi connectivity index (χ1n) is 12.6. The summed E-state index contributed by atoms with van der Waals surface area (Å²) in [6, 6.07) is 8.79. The average molecular weight is 498 g/mol. The molecular weight excluding hydrogens is 454 g/mol. The van der Waals surface area contributed by atoms with Gasteiger partial charge in [0, 0.05) is 17.5 Å². The standard InChI is InChI=1S/C29H44BO4P/c1-26(2,3)20-14-18-13-19-15-21(27(4,5)6)17-23(29(10,11)12)25(19)33-35(31,34-30)32-24(18)22(16-20)28(7,8)9/h14-17H,13,30H2,1-12H3. The van der Waals surface area contributed by atoms with Gasteiger partial charge in [0.15, 0.2) is 0 Å². The number of phosphoric acid groups is 1. The molecule has 1 heterocycles. The van der Waals surface area contributed by atoms with Crippen LogP contribution in [-0.4, -0.2) is 8.05 Å². The Labute approximate surface area is 214 Å². The molecule has 0 aliphatic carbocycles. The normalized spacial score (nSPS) is 16.3. The number of phosphoric ester groups is 1. The van der Waals surface area contributed by atoms with Crippen molar-refractivity contribution in [3.8, 4) is 11.5 Å². The lowest BCUT2D eigenvalue weighted by Gasteiger charge is -2.34. The molecule has 0 saturated carbocycles. The summed E-state index contributed by atoms with van der Waals surface area (Å²) in [7, 11) is -2.54. The van der Waals surface area contributed by atoms with Gasteiger partial charge in [0.1, 0.15) is 11.5 Å². The van der Waals surface area contributed by atoms with Crippen molar-refractivity contribution in [1.29, 1.82) is 0 Å². The van der Waals surface area contributed by atoms with Crippen molar-refractivity contribution >= 4 is 15.9 Å². The molecule has 0 aromatic heterocycles. The third-order valence-electron chi connectivity index (χ3n) is 6.69. The van der Waals surface area contributed by atoms with E-state index in [1.807, 2.05) is 0 Å². The van der Waals surface area contributed by atoms with E-state index in [2.05, 4.69) is 107 Å². The van der Waals surface area contributed by atoms with Gasteiger partial charge in [-0.05, 0) is 43.9 Å². The Morgan fingerprint density at radius 3 is 1.26 bits per heavy atom. The van der Waals surface area contributed by atoms with Gasteiger partial charge in [0.05, 0.1) is 0 Å². The number of rotatable bonds is 1. The quantitative estimate of drug-likeness (QED) is 0.296. The molecule has 0 N–H and O–H groups in total. The van der Waals surface area contributed by atoms with E-state index in [0.29, 0.717) is 17.9 Å². The molecule has 0 amide bonds. The van der Waals surface area contributed by atoms with Crippen molar-refractivity contribution in [3.63, 3.8) is 0 Å². The molecule has 0 bridgehead atoms. The first-order valence-corrected chi connectivity index (χ1v) is 14.0. The summed E-state index contributed by atoms with van der Waals surface area (Å²) in [5.41, 5.74) is 5.93. The van der Waals surface area contributed by atoms with Gasteiger partial charge >= 0.3 is 7.82 Å². The highest BCUT2D eigenvalue weighted by atomic mass is 31.2. The van der Waals surface area contributed by atoms with Crippen LogP contribution in [0.3, 0.4) is 0 Å². The molecule has 0 saturated heterocycles. The smallest absolute Gasteiger partial charge is 0.395 e. The third-order valence-corrected chi connectivity index (χ3v) is 7.95. The Bertz CT molecular complexity index is 1080. The van der Waals surface area contributed by atoms with Crippen LogP contribution in [0.2, 0.25) is 0 Å². The van der Waals surface area contributed by atoms with Gasteiger partial charge in [-0.2, -0.15) is 0 Å². The third kappa shape index (κ3) is 5.83. The highest BCUT2D eigenvalue weighted by Gasteiger charge is 2.39. The molecule has 4 nitrogen and oxygen atoms in total. The van der Waals surface area contributed by atoms with E-state index >= 15 is 0 Å². The van der Waals surface area contributed by atoms with Crippen LogP contribution in [0.5, 0.6) is 11.5 Å². The number of fused-ring (bicyclic) bond motifs is 2. The molecule has 0 fully saturated rings. The fraction of sp³-hybridized carbons (Fsp3) is 0.586. The predicted octanol–water partition coefficient (Wildman–Crippen LogP) is 7.91. The molecule has 1 aliphatic rings. The van der Waals surface area contributed by atoms with Crippen molar-refractivity contribution < 1.29 is 18.1 Å². The lowest BCUT2D eigenvalue weighted by Crippen LogP contribution is -2.23. The maximum absolute atomic E-state index is 14.0. The summed E-state index contributed by atoms with van der Waals surface area (Å²) in [6.45, 7) is 26.2. The summed E-state index contributed by atoms with van der Waals surface area (Å²) in [5.74, 6) is 1.22. The average Bonchev–Trinajstić information content (AvgIpc) is 2.65. The Morgan fingerprint density at radius 2 is 1.00 bits per heavy atom. The number of benzene rings is 2. The van der Waals surface area contributed by atoms with Gasteiger partial charge in [-0.3, -0.25) is 0 Å². The Balaban J connectivity index is 2.46. The van der Waals surface area contributed by atoms with Crippen LogP contribution >= 0.6 is 7.82 Å². The van der Waals surface area contributed by atoms with Gasteiger partial charge in [-0.15, -0.1) is 0 Å². The van der Waals surface area contributed by atoms with E-state index in [1.54, 1.807) is 0 Å². The van der Waals surface area contributed by atoms with Crippen LogP contribution in [0.15, 0.2) is 24.3 Å². The molecular formula is C29H44BO4P. The van der Waals surface area contributed by atoms with E-state index in [0.717, 1.165) is 22.3 Å². The topological polar surface area (TPSA) is 44.8 Å². The first-order chi connectivity index (χ1) is 15.7. The van der Waals surface area contributed by atoms with Crippen molar-refractivity contribution in [2.75, 3.05) is 0 Å². The molecule has 1 aliphatic heterocycles. The number of hydrogen-bond acceptors (Lipinski definition) is 4. The van der Waals surface area contributed by atoms with Crippen molar-refractivity contribution in [3.05, 3.63) is 57.6 Å². The SMILES string of the molecule is BOP1(=O)Oc2c(cc(C(C)(C)C)cc2C(C)(C)C)Cc2cc(C(C)(C)C)cc(C(C)(C)C)c2O1. The maximum atomic E-state index is 14.0. The zero-order valence-corrected chi connectivity index (χ0v) is 25.0. The minimum absolute atomic E-state index is 0.0501. The molecule has 3 rings (SSSR count). The summed E-state index contributed by atoms with van der Waals surface area (Å²) < 4.78 is 31.9. The van der Waals surface area contributed by atoms with Gasteiger partial charge in [-0.25, -0.2) is 4.57 Å². The minimum Gasteiger partial charge on any atom is -0.395 e. The van der Waals surface area contributed by atoms with E-state index in [1.165, 1.54) is 19.2 Å². The largest absolute Gasteiger partial charge is 0.572 e. The summed E-state index contributed by atoms with van der Waals surface area (Å²) >= 11 is 0. The summed E-state index contributed by atoms with van der Waals surface area (Å²) in [6.07, 6.45) is 0.619. The van der Waals surface area contributed by atoms with Crippen molar-refractivity contribution in [1.82, 2.24) is 0 Å². The van der Waals surface area contributed by atoms with Crippen LogP contribution in [0.1, 0.15) is 116 Å². The van der Waals surface area contributed by atoms with Crippen LogP contribution in [-0.2, 0) is 37.1 Å². The summed E-state index contributed by atoms with van der Waals surface area (Å²) in [4.78, 5) is 0. The second kappa shape index (κ2) is 8.70. The van der Waals surface area contributed by atoms with Crippen LogP contribution in [0.25, 0.3) is 0 Å². The Morgan fingerprint density at radius 1 is 0.657 bits per heavy atom. The second-order valence-electron chi connectivity index (χ2n) is 14.0. The molecule has 0 atom stereocenters. The van der Waals surface area contributed by atoms with E-state index in [4.69, 9.17) is 13.5 Å². The second-order valence-corrected chi connectivity index (χ2v) is 15.6. The van der Waals surface area contributed by atoms with E-state index in [-0.39, 0.29) is 21.7 Å². The molecule has 0 spiro atoms. The van der Waals surface area contributed by atoms with Crippen molar-refractivity contribution in [2.24, 2.45) is 0 Å². The molecule has 35 heavy (non-hydrogen) atoms. The molecule has 0 radical (unpaired) electrons. The Hall–Kier alpha value is -1.71. The van der Waals surface area contributed by atoms with Gasteiger partial charge in [0.2, 0.25) is 0 Å². The monoisotopic (exact) mass is 498 g/mol. The molecule has 0 unspecified atom stereocenters. The van der Waals surface area contributed by atoms with Gasteiger partial charge in [0.25, 0.3) is 8.05 Å². The molecule has 192 valence electrons. The zero-order chi connectivity index (χ0) is 26.8. The van der Waals surface area contributed by atoms with Crippen molar-refractivity contribution in [2.45, 2.75) is 111 Å². The maximum Gasteiger partial charge on any atom is 0.572 e. The van der Waals surface area contributed by atoms with E-state index in [9.17, 15) is 4.57 Å². The number of hydrogen-bond donors (Lipinski definition) is 0. The molecule has 2 aromatic rings. The minimum atomic E-state index is -3.93.